The molecule has 0 heterocycles. The third kappa shape index (κ3) is 7.61. The fourth-order valence-corrected chi connectivity index (χ4v) is 1.95. The maximum absolute atomic E-state index is 9.57. The summed E-state index contributed by atoms with van der Waals surface area (Å²) in [6.07, 6.45) is 9.88. The van der Waals surface area contributed by atoms with E-state index in [2.05, 4.69) is 32.9 Å². The fourth-order valence-electron chi connectivity index (χ4n) is 1.95. The van der Waals surface area contributed by atoms with Crippen molar-refractivity contribution in [1.82, 2.24) is 0 Å². The Morgan fingerprint density at radius 2 is 1.73 bits per heavy atom. The van der Waals surface area contributed by atoms with Crippen molar-refractivity contribution in [2.45, 2.75) is 65.9 Å². The Hall–Kier alpha value is -0.300. The lowest BCUT2D eigenvalue weighted by Gasteiger charge is -2.19. The van der Waals surface area contributed by atoms with Crippen molar-refractivity contribution in [1.29, 1.82) is 0 Å². The minimum absolute atomic E-state index is 0.104. The van der Waals surface area contributed by atoms with E-state index in [4.69, 9.17) is 0 Å². The molecule has 0 aromatic heterocycles. The second kappa shape index (κ2) is 8.96. The quantitative estimate of drug-likeness (QED) is 0.599. The van der Waals surface area contributed by atoms with Crippen molar-refractivity contribution in [2.24, 2.45) is 11.8 Å². The van der Waals surface area contributed by atoms with E-state index in [1.165, 1.54) is 12.8 Å². The molecule has 0 aliphatic carbocycles. The Morgan fingerprint density at radius 3 is 2.20 bits per heavy atom. The predicted octanol–water partition coefficient (Wildman–Crippen LogP) is 4.17. The zero-order valence-electron chi connectivity index (χ0n) is 10.9. The van der Waals surface area contributed by atoms with Gasteiger partial charge in [0.15, 0.2) is 0 Å². The molecule has 0 spiro atoms. The van der Waals surface area contributed by atoms with Gasteiger partial charge < -0.3 is 5.11 Å². The summed E-state index contributed by atoms with van der Waals surface area (Å²) in [4.78, 5) is 0. The molecule has 0 aromatic carbocycles. The van der Waals surface area contributed by atoms with E-state index in [1.807, 2.05) is 6.92 Å². The second-order valence-corrected chi connectivity index (χ2v) is 4.64. The number of hydrogen-bond acceptors (Lipinski definition) is 1. The molecule has 0 bridgehead atoms. The highest BCUT2D eigenvalue weighted by molar-refractivity contribution is 4.87. The number of allylic oxidation sites excluding steroid dienone is 2. The molecule has 0 radical (unpaired) electrons. The van der Waals surface area contributed by atoms with Gasteiger partial charge >= 0.3 is 0 Å². The first-order chi connectivity index (χ1) is 7.13. The van der Waals surface area contributed by atoms with Crippen LogP contribution in [0.15, 0.2) is 12.2 Å². The Morgan fingerprint density at radius 1 is 1.07 bits per heavy atom. The van der Waals surface area contributed by atoms with E-state index in [0.29, 0.717) is 11.8 Å². The predicted molar refractivity (Wildman–Crippen MR) is 67.9 cm³/mol. The molecule has 1 heteroatoms. The normalized spacial score (nSPS) is 17.9. The summed E-state index contributed by atoms with van der Waals surface area (Å²) in [5, 5.41) is 9.57. The van der Waals surface area contributed by atoms with Crippen LogP contribution in [0.1, 0.15) is 59.8 Å². The van der Waals surface area contributed by atoms with Gasteiger partial charge in [0.25, 0.3) is 0 Å². The van der Waals surface area contributed by atoms with Crippen molar-refractivity contribution in [3.8, 4) is 0 Å². The van der Waals surface area contributed by atoms with Gasteiger partial charge in [0.05, 0.1) is 6.10 Å². The van der Waals surface area contributed by atoms with Crippen LogP contribution in [-0.2, 0) is 0 Å². The van der Waals surface area contributed by atoms with Crippen LogP contribution in [0, 0.1) is 11.8 Å². The Kier molecular flexibility index (Phi) is 8.79. The third-order valence-corrected chi connectivity index (χ3v) is 3.02. The van der Waals surface area contributed by atoms with Crippen LogP contribution in [0.4, 0.5) is 0 Å². The number of aliphatic hydroxyl groups excluding tert-OH is 1. The highest BCUT2D eigenvalue weighted by Gasteiger charge is 2.12. The lowest BCUT2D eigenvalue weighted by atomic mass is 9.89. The Labute approximate surface area is 95.6 Å². The van der Waals surface area contributed by atoms with Crippen LogP contribution >= 0.6 is 0 Å². The summed E-state index contributed by atoms with van der Waals surface area (Å²) < 4.78 is 0. The molecular weight excluding hydrogens is 184 g/mol. The van der Waals surface area contributed by atoms with E-state index in [1.54, 1.807) is 0 Å². The minimum Gasteiger partial charge on any atom is -0.393 e. The van der Waals surface area contributed by atoms with Crippen LogP contribution in [0.25, 0.3) is 0 Å². The molecule has 0 saturated carbocycles. The summed E-state index contributed by atoms with van der Waals surface area (Å²) >= 11 is 0. The van der Waals surface area contributed by atoms with Crippen LogP contribution in [-0.4, -0.2) is 11.2 Å². The van der Waals surface area contributed by atoms with Gasteiger partial charge in [0, 0.05) is 0 Å². The van der Waals surface area contributed by atoms with Gasteiger partial charge in [-0.3, -0.25) is 0 Å². The molecule has 0 rings (SSSR count). The smallest absolute Gasteiger partial charge is 0.0540 e. The second-order valence-electron chi connectivity index (χ2n) is 4.64. The van der Waals surface area contributed by atoms with Crippen molar-refractivity contribution in [3.05, 3.63) is 12.2 Å². The first-order valence-corrected chi connectivity index (χ1v) is 6.48. The molecule has 15 heavy (non-hydrogen) atoms. The average molecular weight is 212 g/mol. The van der Waals surface area contributed by atoms with Gasteiger partial charge in [0.1, 0.15) is 0 Å². The standard InChI is InChI=1S/C14H28O/c1-5-8-9-13(6-2)10-12(4)11-14(15)7-3/h8-9,12-15H,5-7,10-11H2,1-4H3/b9-8+/t12-,13-,14?/m0/s1. The summed E-state index contributed by atoms with van der Waals surface area (Å²) in [7, 11) is 0. The maximum atomic E-state index is 9.57. The molecule has 0 aliphatic rings. The summed E-state index contributed by atoms with van der Waals surface area (Å²) in [5.74, 6) is 1.33. The molecule has 0 aliphatic heterocycles. The molecule has 0 amide bonds. The van der Waals surface area contributed by atoms with Crippen LogP contribution in [0.5, 0.6) is 0 Å². The highest BCUT2D eigenvalue weighted by atomic mass is 16.3. The monoisotopic (exact) mass is 212 g/mol. The van der Waals surface area contributed by atoms with Crippen LogP contribution < -0.4 is 0 Å². The van der Waals surface area contributed by atoms with Gasteiger partial charge in [-0.05, 0) is 43.9 Å². The van der Waals surface area contributed by atoms with Crippen molar-refractivity contribution in [3.63, 3.8) is 0 Å². The Bertz CT molecular complexity index is 163. The molecule has 1 nitrogen and oxygen atoms in total. The first kappa shape index (κ1) is 14.7. The molecule has 0 aromatic rings. The van der Waals surface area contributed by atoms with E-state index in [-0.39, 0.29) is 6.10 Å². The van der Waals surface area contributed by atoms with E-state index >= 15 is 0 Å². The summed E-state index contributed by atoms with van der Waals surface area (Å²) in [6, 6.07) is 0. The summed E-state index contributed by atoms with van der Waals surface area (Å²) in [5.41, 5.74) is 0. The number of hydrogen-bond donors (Lipinski definition) is 1. The molecule has 1 N–H and O–H groups in total. The Balaban J connectivity index is 3.89. The van der Waals surface area contributed by atoms with Gasteiger partial charge in [0.2, 0.25) is 0 Å². The van der Waals surface area contributed by atoms with E-state index in [0.717, 1.165) is 19.3 Å². The number of aliphatic hydroxyl groups is 1. The average Bonchev–Trinajstić information content (AvgIpc) is 2.23. The minimum atomic E-state index is -0.104. The van der Waals surface area contributed by atoms with Crippen molar-refractivity contribution < 1.29 is 5.11 Å². The molecular formula is C14H28O. The SMILES string of the molecule is CC/C=C/[C@H](CC)C[C@H](C)CC(O)CC. The van der Waals surface area contributed by atoms with Crippen LogP contribution in [0.3, 0.4) is 0 Å². The van der Waals surface area contributed by atoms with Crippen LogP contribution in [0.2, 0.25) is 0 Å². The van der Waals surface area contributed by atoms with Gasteiger partial charge in [-0.25, -0.2) is 0 Å². The molecule has 0 fully saturated rings. The van der Waals surface area contributed by atoms with Gasteiger partial charge in [-0.1, -0.05) is 39.8 Å². The molecule has 3 atom stereocenters. The number of rotatable bonds is 8. The third-order valence-electron chi connectivity index (χ3n) is 3.02. The topological polar surface area (TPSA) is 20.2 Å². The highest BCUT2D eigenvalue weighted by Crippen LogP contribution is 2.21. The van der Waals surface area contributed by atoms with Gasteiger partial charge in [-0.15, -0.1) is 0 Å². The first-order valence-electron chi connectivity index (χ1n) is 6.48. The molecule has 1 unspecified atom stereocenters. The van der Waals surface area contributed by atoms with Crippen molar-refractivity contribution in [2.75, 3.05) is 0 Å². The summed E-state index contributed by atoms with van der Waals surface area (Å²) in [6.45, 7) is 8.72. The lowest BCUT2D eigenvalue weighted by Crippen LogP contribution is -2.12. The maximum Gasteiger partial charge on any atom is 0.0540 e. The van der Waals surface area contributed by atoms with E-state index < -0.39 is 0 Å². The molecule has 90 valence electrons. The lowest BCUT2D eigenvalue weighted by molar-refractivity contribution is 0.136. The zero-order chi connectivity index (χ0) is 11.7. The van der Waals surface area contributed by atoms with Crippen molar-refractivity contribution >= 4 is 0 Å². The van der Waals surface area contributed by atoms with Gasteiger partial charge in [-0.2, -0.15) is 0 Å². The molecule has 0 saturated heterocycles. The van der Waals surface area contributed by atoms with E-state index in [9.17, 15) is 5.11 Å². The fraction of sp³-hybridized carbons (Fsp3) is 0.857. The zero-order valence-corrected chi connectivity index (χ0v) is 10.9. The largest absolute Gasteiger partial charge is 0.393 e.